The maximum absolute atomic E-state index is 11.7. The van der Waals surface area contributed by atoms with Crippen LogP contribution in [0, 0.1) is 0 Å². The van der Waals surface area contributed by atoms with Crippen molar-refractivity contribution in [3.63, 3.8) is 0 Å². The van der Waals surface area contributed by atoms with E-state index < -0.39 is 0 Å². The average Bonchev–Trinajstić information content (AvgIpc) is 2.96. The lowest BCUT2D eigenvalue weighted by atomic mass is 10.1. The van der Waals surface area contributed by atoms with Gasteiger partial charge >= 0.3 is 0 Å². The monoisotopic (exact) mass is 268 g/mol. The molecule has 0 bridgehead atoms. The predicted octanol–water partition coefficient (Wildman–Crippen LogP) is 1.42. The Balaban J connectivity index is 1.74. The first kappa shape index (κ1) is 13.4. The molecule has 1 aromatic heterocycles. The molecule has 0 saturated carbocycles. The van der Waals surface area contributed by atoms with E-state index in [4.69, 9.17) is 0 Å². The van der Waals surface area contributed by atoms with Crippen LogP contribution in [-0.2, 0) is 11.3 Å². The lowest BCUT2D eigenvalue weighted by molar-refractivity contribution is -0.121. The highest BCUT2D eigenvalue weighted by atomic mass is 32.1. The van der Waals surface area contributed by atoms with Crippen LogP contribution in [0.15, 0.2) is 0 Å². The molecule has 1 fully saturated rings. The van der Waals surface area contributed by atoms with Gasteiger partial charge in [0.15, 0.2) is 0 Å². The fourth-order valence-corrected chi connectivity index (χ4v) is 2.76. The van der Waals surface area contributed by atoms with Crippen LogP contribution in [0.5, 0.6) is 0 Å². The first-order valence-electron chi connectivity index (χ1n) is 6.47. The van der Waals surface area contributed by atoms with Crippen molar-refractivity contribution in [2.24, 2.45) is 0 Å². The quantitative estimate of drug-likeness (QED) is 0.847. The minimum atomic E-state index is 0.0932. The van der Waals surface area contributed by atoms with Crippen molar-refractivity contribution in [1.29, 1.82) is 0 Å². The molecule has 1 aliphatic heterocycles. The van der Waals surface area contributed by atoms with Crippen molar-refractivity contribution < 1.29 is 4.79 Å². The lowest BCUT2D eigenvalue weighted by Gasteiger charge is -2.09. The fraction of sp³-hybridized carbons (Fsp3) is 0.750. The molecule has 2 N–H and O–H groups in total. The molecule has 1 unspecified atom stereocenters. The molecule has 0 spiro atoms. The van der Waals surface area contributed by atoms with Crippen molar-refractivity contribution >= 4 is 17.2 Å². The van der Waals surface area contributed by atoms with Gasteiger partial charge in [0.25, 0.3) is 0 Å². The molecule has 2 heterocycles. The van der Waals surface area contributed by atoms with Crippen molar-refractivity contribution in [2.45, 2.75) is 51.6 Å². The lowest BCUT2D eigenvalue weighted by Crippen LogP contribution is -2.31. The van der Waals surface area contributed by atoms with Crippen LogP contribution in [-0.4, -0.2) is 28.7 Å². The van der Waals surface area contributed by atoms with Crippen molar-refractivity contribution in [2.75, 3.05) is 6.54 Å². The third kappa shape index (κ3) is 3.74. The van der Waals surface area contributed by atoms with Gasteiger partial charge in [0, 0.05) is 18.4 Å². The zero-order valence-corrected chi connectivity index (χ0v) is 11.7. The largest absolute Gasteiger partial charge is 0.349 e. The summed E-state index contributed by atoms with van der Waals surface area (Å²) < 4.78 is 0. The van der Waals surface area contributed by atoms with E-state index >= 15 is 0 Å². The van der Waals surface area contributed by atoms with Crippen LogP contribution in [0.1, 0.15) is 49.0 Å². The summed E-state index contributed by atoms with van der Waals surface area (Å²) in [7, 11) is 0. The number of hydrogen-bond acceptors (Lipinski definition) is 5. The molecule has 0 radical (unpaired) electrons. The van der Waals surface area contributed by atoms with Gasteiger partial charge in [-0.25, -0.2) is 0 Å². The molecule has 1 saturated heterocycles. The minimum Gasteiger partial charge on any atom is -0.349 e. The summed E-state index contributed by atoms with van der Waals surface area (Å²) in [6, 6.07) is 0.352. The summed E-state index contributed by atoms with van der Waals surface area (Å²) in [5, 5.41) is 16.3. The second-order valence-electron chi connectivity index (χ2n) is 4.96. The van der Waals surface area contributed by atoms with Gasteiger partial charge in [-0.05, 0) is 19.4 Å². The maximum Gasteiger partial charge on any atom is 0.221 e. The summed E-state index contributed by atoms with van der Waals surface area (Å²) in [6.45, 7) is 5.71. The number of carbonyl (C=O) groups excluding carboxylic acids is 1. The highest BCUT2D eigenvalue weighted by Crippen LogP contribution is 2.18. The van der Waals surface area contributed by atoms with E-state index in [9.17, 15) is 4.79 Å². The number of hydrogen-bond donors (Lipinski definition) is 2. The normalized spacial score (nSPS) is 19.4. The van der Waals surface area contributed by atoms with Crippen LogP contribution in [0.2, 0.25) is 0 Å². The Labute approximate surface area is 111 Å². The molecule has 0 aliphatic carbocycles. The van der Waals surface area contributed by atoms with Crippen molar-refractivity contribution in [3.05, 3.63) is 10.0 Å². The van der Waals surface area contributed by atoms with Crippen LogP contribution in [0.3, 0.4) is 0 Å². The number of carbonyl (C=O) groups is 1. The molecule has 1 amide bonds. The molecule has 100 valence electrons. The first-order chi connectivity index (χ1) is 8.65. The Morgan fingerprint density at radius 2 is 2.39 bits per heavy atom. The van der Waals surface area contributed by atoms with Gasteiger partial charge in [0.2, 0.25) is 5.91 Å². The molecular weight excluding hydrogens is 248 g/mol. The van der Waals surface area contributed by atoms with Crippen molar-refractivity contribution in [3.8, 4) is 0 Å². The first-order valence-corrected chi connectivity index (χ1v) is 7.29. The number of nitrogens with zero attached hydrogens (tertiary/aromatic N) is 2. The van der Waals surface area contributed by atoms with Crippen LogP contribution >= 0.6 is 11.3 Å². The van der Waals surface area contributed by atoms with E-state index in [1.807, 2.05) is 0 Å². The van der Waals surface area contributed by atoms with Crippen LogP contribution < -0.4 is 10.6 Å². The summed E-state index contributed by atoms with van der Waals surface area (Å²) in [5.41, 5.74) is 0. The van der Waals surface area contributed by atoms with E-state index in [0.717, 1.165) is 23.0 Å². The highest BCUT2D eigenvalue weighted by molar-refractivity contribution is 7.11. The Hall–Kier alpha value is -1.01. The van der Waals surface area contributed by atoms with E-state index in [1.54, 1.807) is 11.3 Å². The molecule has 18 heavy (non-hydrogen) atoms. The molecule has 1 aliphatic rings. The van der Waals surface area contributed by atoms with Gasteiger partial charge in [-0.15, -0.1) is 10.2 Å². The molecule has 6 heteroatoms. The standard InChI is InChI=1S/C12H20N4OS/c1-8(2)12-16-15-11(18-12)7-14-10(17)6-9-4-3-5-13-9/h8-9,13H,3-7H2,1-2H3,(H,14,17). The molecule has 2 rings (SSSR count). The second kappa shape index (κ2) is 6.24. The Kier molecular flexibility index (Phi) is 4.66. The maximum atomic E-state index is 11.7. The molecule has 1 aromatic rings. The third-order valence-corrected chi connectivity index (χ3v) is 4.23. The highest BCUT2D eigenvalue weighted by Gasteiger charge is 2.17. The zero-order valence-electron chi connectivity index (χ0n) is 10.9. The van der Waals surface area contributed by atoms with E-state index in [0.29, 0.717) is 24.9 Å². The zero-order chi connectivity index (χ0) is 13.0. The predicted molar refractivity (Wildman–Crippen MR) is 71.5 cm³/mol. The Morgan fingerprint density at radius 3 is 3.00 bits per heavy atom. The smallest absolute Gasteiger partial charge is 0.221 e. The molecule has 0 aromatic carbocycles. The third-order valence-electron chi connectivity index (χ3n) is 3.01. The minimum absolute atomic E-state index is 0.0932. The second-order valence-corrected chi connectivity index (χ2v) is 6.06. The van der Waals surface area contributed by atoms with E-state index in [-0.39, 0.29) is 5.91 Å². The average molecular weight is 268 g/mol. The van der Waals surface area contributed by atoms with E-state index in [2.05, 4.69) is 34.7 Å². The molecule has 1 atom stereocenters. The van der Waals surface area contributed by atoms with E-state index in [1.165, 1.54) is 6.42 Å². The summed E-state index contributed by atoms with van der Waals surface area (Å²) in [4.78, 5) is 11.7. The molecular formula is C12H20N4OS. The Morgan fingerprint density at radius 1 is 1.56 bits per heavy atom. The number of amides is 1. The topological polar surface area (TPSA) is 66.9 Å². The van der Waals surface area contributed by atoms with Gasteiger partial charge in [0.05, 0.1) is 6.54 Å². The summed E-state index contributed by atoms with van der Waals surface area (Å²) in [5.74, 6) is 0.491. The van der Waals surface area contributed by atoms with Gasteiger partial charge in [-0.1, -0.05) is 25.2 Å². The fourth-order valence-electron chi connectivity index (χ4n) is 1.97. The van der Waals surface area contributed by atoms with Crippen LogP contribution in [0.4, 0.5) is 0 Å². The van der Waals surface area contributed by atoms with Crippen molar-refractivity contribution in [1.82, 2.24) is 20.8 Å². The summed E-state index contributed by atoms with van der Waals surface area (Å²) >= 11 is 1.57. The van der Waals surface area contributed by atoms with Gasteiger partial charge in [0.1, 0.15) is 10.0 Å². The van der Waals surface area contributed by atoms with Crippen LogP contribution in [0.25, 0.3) is 0 Å². The number of aromatic nitrogens is 2. The number of rotatable bonds is 5. The number of nitrogens with one attached hydrogen (secondary N) is 2. The van der Waals surface area contributed by atoms with Gasteiger partial charge < -0.3 is 10.6 Å². The van der Waals surface area contributed by atoms with Gasteiger partial charge in [-0.2, -0.15) is 0 Å². The van der Waals surface area contributed by atoms with Gasteiger partial charge in [-0.3, -0.25) is 4.79 Å². The summed E-state index contributed by atoms with van der Waals surface area (Å²) in [6.07, 6.45) is 2.84. The Bertz CT molecular complexity index is 399. The SMILES string of the molecule is CC(C)c1nnc(CNC(=O)CC2CCCN2)s1. The molecule has 5 nitrogen and oxygen atoms in total.